The van der Waals surface area contributed by atoms with Crippen molar-refractivity contribution in [1.82, 2.24) is 4.72 Å². The topological polar surface area (TPSA) is 46.2 Å². The summed E-state index contributed by atoms with van der Waals surface area (Å²) in [6, 6.07) is 1.93. The van der Waals surface area contributed by atoms with Gasteiger partial charge in [-0.1, -0.05) is 13.8 Å². The van der Waals surface area contributed by atoms with Crippen molar-refractivity contribution in [3.05, 3.63) is 20.8 Å². The molecule has 92 valence electrons. The van der Waals surface area contributed by atoms with Crippen LogP contribution in [0.2, 0.25) is 0 Å². The molecule has 0 radical (unpaired) electrons. The van der Waals surface area contributed by atoms with Crippen LogP contribution in [0.25, 0.3) is 0 Å². The predicted molar refractivity (Wildman–Crippen MR) is 72.1 cm³/mol. The molecule has 0 unspecified atom stereocenters. The van der Waals surface area contributed by atoms with Crippen LogP contribution in [0, 0.1) is 5.92 Å². The smallest absolute Gasteiger partial charge is 0.211 e. The molecule has 0 aliphatic carbocycles. The highest BCUT2D eigenvalue weighted by atomic mass is 79.9. The highest BCUT2D eigenvalue weighted by Crippen LogP contribution is 2.19. The van der Waals surface area contributed by atoms with E-state index in [0.717, 1.165) is 9.35 Å². The van der Waals surface area contributed by atoms with Gasteiger partial charge < -0.3 is 0 Å². The molecule has 0 spiro atoms. The van der Waals surface area contributed by atoms with E-state index in [1.165, 1.54) is 0 Å². The maximum Gasteiger partial charge on any atom is 0.211 e. The number of nitrogens with one attached hydrogen (secondary N) is 1. The van der Waals surface area contributed by atoms with Crippen LogP contribution in [0.5, 0.6) is 0 Å². The minimum Gasteiger partial charge on any atom is -0.212 e. The fourth-order valence-electron chi connectivity index (χ4n) is 1.09. The Morgan fingerprint density at radius 2 is 2.19 bits per heavy atom. The Hall–Kier alpha value is 0.0900. The molecule has 0 saturated heterocycles. The van der Waals surface area contributed by atoms with Crippen molar-refractivity contribution in [2.45, 2.75) is 26.8 Å². The van der Waals surface area contributed by atoms with Crippen LogP contribution in [0.4, 0.5) is 0 Å². The Labute approximate surface area is 109 Å². The Morgan fingerprint density at radius 1 is 1.50 bits per heavy atom. The molecular formula is C10H16BrNO2S2. The van der Waals surface area contributed by atoms with Gasteiger partial charge in [0.2, 0.25) is 10.0 Å². The summed E-state index contributed by atoms with van der Waals surface area (Å²) < 4.78 is 26.8. The summed E-state index contributed by atoms with van der Waals surface area (Å²) >= 11 is 4.88. The molecule has 0 atom stereocenters. The molecule has 1 aromatic rings. The van der Waals surface area contributed by atoms with E-state index in [1.807, 2.05) is 25.3 Å². The van der Waals surface area contributed by atoms with E-state index >= 15 is 0 Å². The van der Waals surface area contributed by atoms with Gasteiger partial charge >= 0.3 is 0 Å². The number of hydrogen-bond acceptors (Lipinski definition) is 3. The Balaban J connectivity index is 2.42. The first-order valence-corrected chi connectivity index (χ1v) is 8.42. The van der Waals surface area contributed by atoms with Crippen molar-refractivity contribution in [3.8, 4) is 0 Å². The number of rotatable bonds is 6. The maximum absolute atomic E-state index is 11.6. The van der Waals surface area contributed by atoms with Gasteiger partial charge in [0, 0.05) is 21.3 Å². The third kappa shape index (κ3) is 5.43. The fraction of sp³-hybridized carbons (Fsp3) is 0.600. The molecule has 0 saturated carbocycles. The zero-order chi connectivity index (χ0) is 12.2. The zero-order valence-electron chi connectivity index (χ0n) is 9.36. The molecule has 0 fully saturated rings. The van der Waals surface area contributed by atoms with Crippen LogP contribution in [-0.2, 0) is 16.6 Å². The van der Waals surface area contributed by atoms with E-state index in [9.17, 15) is 8.42 Å². The van der Waals surface area contributed by atoms with E-state index in [2.05, 4.69) is 20.7 Å². The molecule has 0 amide bonds. The number of thiophene rings is 1. The summed E-state index contributed by atoms with van der Waals surface area (Å²) in [6.07, 6.45) is 0.698. The van der Waals surface area contributed by atoms with E-state index in [-0.39, 0.29) is 5.75 Å². The summed E-state index contributed by atoms with van der Waals surface area (Å²) in [5, 5.41) is 1.94. The standard InChI is InChI=1S/C10H16BrNO2S2/c1-8(2)3-4-16(13,14)12-6-10-5-9(11)7-15-10/h5,7-8,12H,3-4,6H2,1-2H3. The molecule has 0 aliphatic rings. The number of sulfonamides is 1. The molecule has 1 N–H and O–H groups in total. The number of halogens is 1. The molecule has 16 heavy (non-hydrogen) atoms. The Morgan fingerprint density at radius 3 is 2.69 bits per heavy atom. The first kappa shape index (κ1) is 14.2. The molecule has 1 heterocycles. The van der Waals surface area contributed by atoms with Crippen molar-refractivity contribution in [3.63, 3.8) is 0 Å². The summed E-state index contributed by atoms with van der Waals surface area (Å²) in [5.74, 6) is 0.615. The second-order valence-corrected chi connectivity index (χ2v) is 7.89. The molecule has 1 aromatic heterocycles. The first-order chi connectivity index (χ1) is 7.39. The van der Waals surface area contributed by atoms with E-state index in [0.29, 0.717) is 18.9 Å². The third-order valence-electron chi connectivity index (χ3n) is 2.05. The molecule has 1 rings (SSSR count). The predicted octanol–water partition coefficient (Wildman–Crippen LogP) is 2.98. The average molecular weight is 326 g/mol. The molecule has 6 heteroatoms. The van der Waals surface area contributed by atoms with Gasteiger partial charge in [-0.05, 0) is 34.3 Å². The first-order valence-electron chi connectivity index (χ1n) is 5.09. The maximum atomic E-state index is 11.6. The summed E-state index contributed by atoms with van der Waals surface area (Å²) in [6.45, 7) is 4.43. The van der Waals surface area contributed by atoms with Gasteiger partial charge in [-0.3, -0.25) is 0 Å². The monoisotopic (exact) mass is 325 g/mol. The summed E-state index contributed by atoms with van der Waals surface area (Å²) in [5.41, 5.74) is 0. The van der Waals surface area contributed by atoms with Crippen molar-refractivity contribution in [2.24, 2.45) is 5.92 Å². The highest BCUT2D eigenvalue weighted by molar-refractivity contribution is 9.10. The Kier molecular flexibility index (Phi) is 5.43. The van der Waals surface area contributed by atoms with E-state index in [1.54, 1.807) is 11.3 Å². The van der Waals surface area contributed by atoms with Crippen molar-refractivity contribution in [1.29, 1.82) is 0 Å². The largest absolute Gasteiger partial charge is 0.212 e. The summed E-state index contributed by atoms with van der Waals surface area (Å²) in [7, 11) is -3.12. The van der Waals surface area contributed by atoms with Crippen molar-refractivity contribution in [2.75, 3.05) is 5.75 Å². The van der Waals surface area contributed by atoms with Crippen LogP contribution < -0.4 is 4.72 Å². The lowest BCUT2D eigenvalue weighted by molar-refractivity contribution is 0.562. The average Bonchev–Trinajstić information content (AvgIpc) is 2.59. The van der Waals surface area contributed by atoms with E-state index in [4.69, 9.17) is 0 Å². The van der Waals surface area contributed by atoms with Gasteiger partial charge in [-0.15, -0.1) is 11.3 Å². The molecule has 0 aliphatic heterocycles. The minimum atomic E-state index is -3.12. The number of hydrogen-bond donors (Lipinski definition) is 1. The van der Waals surface area contributed by atoms with Crippen LogP contribution in [-0.4, -0.2) is 14.2 Å². The highest BCUT2D eigenvalue weighted by Gasteiger charge is 2.11. The van der Waals surface area contributed by atoms with Gasteiger partial charge in [-0.25, -0.2) is 13.1 Å². The fourth-order valence-corrected chi connectivity index (χ4v) is 3.87. The van der Waals surface area contributed by atoms with Gasteiger partial charge in [0.25, 0.3) is 0 Å². The third-order valence-corrected chi connectivity index (χ3v) is 5.11. The van der Waals surface area contributed by atoms with Crippen molar-refractivity contribution >= 4 is 37.3 Å². The van der Waals surface area contributed by atoms with Gasteiger partial charge in [0.15, 0.2) is 0 Å². The summed E-state index contributed by atoms with van der Waals surface area (Å²) in [4.78, 5) is 1.01. The van der Waals surface area contributed by atoms with Crippen LogP contribution in [0.1, 0.15) is 25.1 Å². The quantitative estimate of drug-likeness (QED) is 0.873. The van der Waals surface area contributed by atoms with Crippen LogP contribution in [0.15, 0.2) is 15.9 Å². The minimum absolute atomic E-state index is 0.206. The lowest BCUT2D eigenvalue weighted by Crippen LogP contribution is -2.26. The SMILES string of the molecule is CC(C)CCS(=O)(=O)NCc1cc(Br)cs1. The van der Waals surface area contributed by atoms with Gasteiger partial charge in [-0.2, -0.15) is 0 Å². The second kappa shape index (κ2) is 6.14. The zero-order valence-corrected chi connectivity index (χ0v) is 12.6. The normalized spacial score (nSPS) is 12.2. The van der Waals surface area contributed by atoms with E-state index < -0.39 is 10.0 Å². The Bertz CT molecular complexity index is 426. The molecule has 3 nitrogen and oxygen atoms in total. The van der Waals surface area contributed by atoms with Crippen LogP contribution in [0.3, 0.4) is 0 Å². The van der Waals surface area contributed by atoms with Crippen LogP contribution >= 0.6 is 27.3 Å². The lowest BCUT2D eigenvalue weighted by Gasteiger charge is -2.07. The lowest BCUT2D eigenvalue weighted by atomic mass is 10.2. The van der Waals surface area contributed by atoms with Gasteiger partial charge in [0.1, 0.15) is 0 Å². The molecule has 0 aromatic carbocycles. The van der Waals surface area contributed by atoms with Crippen molar-refractivity contribution < 1.29 is 8.42 Å². The second-order valence-electron chi connectivity index (χ2n) is 4.05. The molecular weight excluding hydrogens is 310 g/mol. The van der Waals surface area contributed by atoms with Gasteiger partial charge in [0.05, 0.1) is 5.75 Å². The molecule has 0 bridgehead atoms.